The summed E-state index contributed by atoms with van der Waals surface area (Å²) in [6.45, 7) is 0.615. The quantitative estimate of drug-likeness (QED) is 0.893. The molecule has 1 saturated heterocycles. The van der Waals surface area contributed by atoms with Crippen molar-refractivity contribution in [2.45, 2.75) is 30.3 Å². The van der Waals surface area contributed by atoms with Gasteiger partial charge in [-0.25, -0.2) is 17.6 Å². The first-order valence-corrected chi connectivity index (χ1v) is 8.41. The van der Waals surface area contributed by atoms with E-state index in [1.165, 1.54) is 0 Å². The van der Waals surface area contributed by atoms with E-state index in [1.54, 1.807) is 0 Å². The Morgan fingerprint density at radius 2 is 2.19 bits per heavy atom. The van der Waals surface area contributed by atoms with E-state index in [2.05, 4.69) is 0 Å². The van der Waals surface area contributed by atoms with Crippen LogP contribution in [0.15, 0.2) is 17.0 Å². The van der Waals surface area contributed by atoms with Crippen molar-refractivity contribution in [1.82, 2.24) is 0 Å². The highest BCUT2D eigenvalue weighted by atomic mass is 35.5. The molecule has 1 aliphatic rings. The lowest BCUT2D eigenvalue weighted by Gasteiger charge is -2.11. The van der Waals surface area contributed by atoms with Crippen LogP contribution in [0, 0.1) is 5.82 Å². The van der Waals surface area contributed by atoms with E-state index in [0.717, 1.165) is 25.0 Å². The third-order valence-corrected chi connectivity index (χ3v) is 5.44. The maximum absolute atomic E-state index is 13.6. The predicted molar refractivity (Wildman–Crippen MR) is 74.0 cm³/mol. The Bertz CT molecular complexity index is 653. The molecule has 0 spiro atoms. The number of rotatable bonds is 5. The van der Waals surface area contributed by atoms with Gasteiger partial charge in [0.25, 0.3) is 0 Å². The second-order valence-electron chi connectivity index (χ2n) is 4.81. The molecule has 1 fully saturated rings. The first-order valence-electron chi connectivity index (χ1n) is 6.38. The number of hydrogen-bond acceptors (Lipinski definition) is 4. The molecule has 2 rings (SSSR count). The Hall–Kier alpha value is -1.18. The van der Waals surface area contributed by atoms with Gasteiger partial charge in [-0.2, -0.15) is 0 Å². The van der Waals surface area contributed by atoms with Gasteiger partial charge in [0.05, 0.1) is 27.3 Å². The molecule has 0 radical (unpaired) electrons. The fourth-order valence-electron chi connectivity index (χ4n) is 2.18. The molecule has 1 unspecified atom stereocenters. The van der Waals surface area contributed by atoms with E-state index in [4.69, 9.17) is 21.4 Å². The first kappa shape index (κ1) is 16.2. The molecule has 1 aromatic rings. The zero-order chi connectivity index (χ0) is 15.6. The minimum absolute atomic E-state index is 0.115. The van der Waals surface area contributed by atoms with Gasteiger partial charge in [-0.3, -0.25) is 0 Å². The van der Waals surface area contributed by atoms with Crippen LogP contribution in [0.2, 0.25) is 5.02 Å². The summed E-state index contributed by atoms with van der Waals surface area (Å²) < 4.78 is 43.3. The Morgan fingerprint density at radius 3 is 2.76 bits per heavy atom. The van der Waals surface area contributed by atoms with Crippen LogP contribution in [0.3, 0.4) is 0 Å². The molecule has 1 aromatic carbocycles. The molecule has 0 aliphatic carbocycles. The normalized spacial score (nSPS) is 18.9. The zero-order valence-electron chi connectivity index (χ0n) is 11.0. The molecular formula is C13H14ClFO5S. The number of sulfone groups is 1. The van der Waals surface area contributed by atoms with Gasteiger partial charge in [0.2, 0.25) is 0 Å². The maximum atomic E-state index is 13.6. The number of carbonyl (C=O) groups is 1. The molecule has 8 heteroatoms. The first-order chi connectivity index (χ1) is 9.81. The van der Waals surface area contributed by atoms with E-state index in [9.17, 15) is 17.6 Å². The number of halogens is 2. The van der Waals surface area contributed by atoms with Crippen LogP contribution in [0.1, 0.15) is 29.6 Å². The van der Waals surface area contributed by atoms with Crippen LogP contribution in [0.5, 0.6) is 0 Å². The summed E-state index contributed by atoms with van der Waals surface area (Å²) in [4.78, 5) is 10.6. The molecule has 116 valence electrons. The van der Waals surface area contributed by atoms with Crippen LogP contribution in [-0.4, -0.2) is 38.0 Å². The summed E-state index contributed by atoms with van der Waals surface area (Å²) in [5, 5.41) is 8.32. The van der Waals surface area contributed by atoms with Crippen molar-refractivity contribution in [2.24, 2.45) is 0 Å². The minimum Gasteiger partial charge on any atom is -0.478 e. The number of carboxylic acids is 1. The van der Waals surface area contributed by atoms with Gasteiger partial charge in [-0.05, 0) is 31.4 Å². The van der Waals surface area contributed by atoms with Gasteiger partial charge in [0.1, 0.15) is 5.82 Å². The third kappa shape index (κ3) is 3.72. The highest BCUT2D eigenvalue weighted by molar-refractivity contribution is 7.91. The maximum Gasteiger partial charge on any atom is 0.337 e. The number of benzene rings is 1. The molecule has 0 aromatic heterocycles. The molecule has 0 amide bonds. The highest BCUT2D eigenvalue weighted by Crippen LogP contribution is 2.26. The fraction of sp³-hybridized carbons (Fsp3) is 0.462. The lowest BCUT2D eigenvalue weighted by molar-refractivity contribution is 0.0696. The second-order valence-corrected chi connectivity index (χ2v) is 7.30. The number of aromatic carboxylic acids is 1. The van der Waals surface area contributed by atoms with Crippen LogP contribution in [0.4, 0.5) is 4.39 Å². The van der Waals surface area contributed by atoms with Crippen LogP contribution < -0.4 is 0 Å². The Balaban J connectivity index is 2.24. The molecule has 1 aliphatic heterocycles. The van der Waals surface area contributed by atoms with E-state index < -0.39 is 32.2 Å². The molecular weight excluding hydrogens is 323 g/mol. The summed E-state index contributed by atoms with van der Waals surface area (Å²) in [5.74, 6) is -2.76. The van der Waals surface area contributed by atoms with Crippen molar-refractivity contribution < 1.29 is 27.4 Å². The average Bonchev–Trinajstić information content (AvgIpc) is 2.92. The minimum atomic E-state index is -3.79. The lowest BCUT2D eigenvalue weighted by Crippen LogP contribution is -2.15. The van der Waals surface area contributed by atoms with Crippen molar-refractivity contribution in [2.75, 3.05) is 12.4 Å². The molecule has 21 heavy (non-hydrogen) atoms. The fourth-order valence-corrected chi connectivity index (χ4v) is 3.76. The second kappa shape index (κ2) is 6.29. The summed E-state index contributed by atoms with van der Waals surface area (Å²) in [7, 11) is -3.79. The molecule has 1 N–H and O–H groups in total. The zero-order valence-corrected chi connectivity index (χ0v) is 12.6. The van der Waals surface area contributed by atoms with Crippen molar-refractivity contribution in [3.63, 3.8) is 0 Å². The standard InChI is InChI=1S/C13H14ClFO5S/c14-12-10(13(16)17)6-9(7-11(12)15)21(18,19)5-3-8-2-1-4-20-8/h6-8H,1-5H2,(H,16,17). The van der Waals surface area contributed by atoms with Gasteiger partial charge in [-0.1, -0.05) is 11.6 Å². The molecule has 0 bridgehead atoms. The number of ether oxygens (including phenoxy) is 1. The molecule has 5 nitrogen and oxygen atoms in total. The van der Waals surface area contributed by atoms with Gasteiger partial charge in [0, 0.05) is 6.61 Å². The topological polar surface area (TPSA) is 80.7 Å². The molecule has 1 atom stereocenters. The SMILES string of the molecule is O=C(O)c1cc(S(=O)(=O)CCC2CCCO2)cc(F)c1Cl. The van der Waals surface area contributed by atoms with E-state index in [-0.39, 0.29) is 16.8 Å². The Kier molecular flexibility index (Phi) is 4.85. The smallest absolute Gasteiger partial charge is 0.337 e. The number of hydrogen-bond donors (Lipinski definition) is 1. The van der Waals surface area contributed by atoms with Crippen LogP contribution in [0.25, 0.3) is 0 Å². The predicted octanol–water partition coefficient (Wildman–Crippen LogP) is 2.52. The van der Waals surface area contributed by atoms with Crippen LogP contribution in [-0.2, 0) is 14.6 Å². The van der Waals surface area contributed by atoms with Gasteiger partial charge < -0.3 is 9.84 Å². The highest BCUT2D eigenvalue weighted by Gasteiger charge is 2.24. The third-order valence-electron chi connectivity index (χ3n) is 3.32. The summed E-state index contributed by atoms with van der Waals surface area (Å²) >= 11 is 5.52. The largest absolute Gasteiger partial charge is 0.478 e. The van der Waals surface area contributed by atoms with E-state index >= 15 is 0 Å². The Labute approximate surface area is 126 Å². The van der Waals surface area contributed by atoms with Gasteiger partial charge in [0.15, 0.2) is 9.84 Å². The van der Waals surface area contributed by atoms with Crippen molar-refractivity contribution in [1.29, 1.82) is 0 Å². The Morgan fingerprint density at radius 1 is 1.48 bits per heavy atom. The monoisotopic (exact) mass is 336 g/mol. The summed E-state index contributed by atoms with van der Waals surface area (Å²) in [6.07, 6.45) is 1.87. The molecule has 0 saturated carbocycles. The summed E-state index contributed by atoms with van der Waals surface area (Å²) in [6, 6.07) is 1.64. The van der Waals surface area contributed by atoms with E-state index in [1.807, 2.05) is 0 Å². The van der Waals surface area contributed by atoms with Crippen molar-refractivity contribution >= 4 is 27.4 Å². The van der Waals surface area contributed by atoms with Gasteiger partial charge >= 0.3 is 5.97 Å². The average molecular weight is 337 g/mol. The molecule has 1 heterocycles. The summed E-state index contributed by atoms with van der Waals surface area (Å²) in [5.41, 5.74) is -0.563. The van der Waals surface area contributed by atoms with Crippen molar-refractivity contribution in [3.8, 4) is 0 Å². The van der Waals surface area contributed by atoms with Crippen LogP contribution >= 0.6 is 11.6 Å². The van der Waals surface area contributed by atoms with Crippen molar-refractivity contribution in [3.05, 3.63) is 28.5 Å². The van der Waals surface area contributed by atoms with Gasteiger partial charge in [-0.15, -0.1) is 0 Å². The van der Waals surface area contributed by atoms with E-state index in [0.29, 0.717) is 13.0 Å². The number of carboxylic acid groups (broad SMARTS) is 1. The lowest BCUT2D eigenvalue weighted by atomic mass is 10.2.